The number of hydrogen-bond acceptors (Lipinski definition) is 4. The molecular weight excluding hydrogens is 186 g/mol. The van der Waals surface area contributed by atoms with Gasteiger partial charge in [0, 0.05) is 12.0 Å². The van der Waals surface area contributed by atoms with Gasteiger partial charge in [0.25, 0.3) is 5.91 Å². The fraction of sp³-hybridized carbons (Fsp3) is 0.667. The van der Waals surface area contributed by atoms with E-state index in [0.29, 0.717) is 19.6 Å². The minimum Gasteiger partial charge on any atom is -0.383 e. The molecule has 0 spiro atoms. The van der Waals surface area contributed by atoms with Crippen molar-refractivity contribution < 1.29 is 19.4 Å². The highest BCUT2D eigenvalue weighted by Crippen LogP contribution is 2.33. The number of hydrogen-bond donors (Lipinski definition) is 1. The Morgan fingerprint density at radius 2 is 2.36 bits per heavy atom. The molecule has 1 amide bonds. The van der Waals surface area contributed by atoms with Gasteiger partial charge in [0.05, 0.1) is 13.2 Å². The Morgan fingerprint density at radius 3 is 3.21 bits per heavy atom. The maximum absolute atomic E-state index is 11.6. The van der Waals surface area contributed by atoms with E-state index in [2.05, 4.69) is 0 Å². The molecule has 3 unspecified atom stereocenters. The van der Waals surface area contributed by atoms with Gasteiger partial charge in [0.1, 0.15) is 12.3 Å². The average molecular weight is 197 g/mol. The van der Waals surface area contributed by atoms with Gasteiger partial charge < -0.3 is 14.6 Å². The van der Waals surface area contributed by atoms with Crippen LogP contribution in [-0.4, -0.2) is 47.7 Å². The second-order valence-electron chi connectivity index (χ2n) is 3.73. The fourth-order valence-electron chi connectivity index (χ4n) is 2.17. The van der Waals surface area contributed by atoms with E-state index in [1.807, 2.05) is 6.08 Å². The molecule has 14 heavy (non-hydrogen) atoms. The largest absolute Gasteiger partial charge is 0.383 e. The maximum atomic E-state index is 11.6. The molecule has 0 bridgehead atoms. The molecule has 3 heterocycles. The predicted octanol–water partition coefficient (Wildman–Crippen LogP) is -0.781. The van der Waals surface area contributed by atoms with Crippen LogP contribution in [0, 0.1) is 0 Å². The zero-order valence-corrected chi connectivity index (χ0v) is 7.55. The maximum Gasteiger partial charge on any atom is 0.255 e. The van der Waals surface area contributed by atoms with Crippen molar-refractivity contribution >= 4 is 5.91 Å². The van der Waals surface area contributed by atoms with E-state index in [9.17, 15) is 9.90 Å². The van der Waals surface area contributed by atoms with Gasteiger partial charge in [-0.3, -0.25) is 9.69 Å². The highest BCUT2D eigenvalue weighted by atomic mass is 16.6. The normalized spacial score (nSPS) is 40.9. The van der Waals surface area contributed by atoms with E-state index >= 15 is 0 Å². The smallest absolute Gasteiger partial charge is 0.255 e. The monoisotopic (exact) mass is 197 g/mol. The van der Waals surface area contributed by atoms with Gasteiger partial charge in [-0.2, -0.15) is 0 Å². The summed E-state index contributed by atoms with van der Waals surface area (Å²) in [5.74, 6) is -0.285. The summed E-state index contributed by atoms with van der Waals surface area (Å²) in [5.41, 5.74) is 0.990. The summed E-state index contributed by atoms with van der Waals surface area (Å²) in [4.78, 5) is 13.1. The van der Waals surface area contributed by atoms with E-state index < -0.39 is 6.10 Å². The summed E-state index contributed by atoms with van der Waals surface area (Å²) < 4.78 is 10.9. The molecule has 0 aromatic rings. The van der Waals surface area contributed by atoms with Crippen molar-refractivity contribution in [2.45, 2.75) is 25.0 Å². The molecule has 5 nitrogen and oxygen atoms in total. The summed E-state index contributed by atoms with van der Waals surface area (Å²) in [6, 6.07) is 0. The van der Waals surface area contributed by atoms with E-state index in [0.717, 1.165) is 5.57 Å². The number of nitrogens with zero attached hydrogens (tertiary/aromatic N) is 1. The summed E-state index contributed by atoms with van der Waals surface area (Å²) in [6.07, 6.45) is 0.755. The number of fused-ring (bicyclic) bond motifs is 3. The van der Waals surface area contributed by atoms with Crippen molar-refractivity contribution in [2.75, 3.05) is 13.2 Å². The Bertz CT molecular complexity index is 314. The van der Waals surface area contributed by atoms with E-state index in [1.165, 1.54) is 4.90 Å². The summed E-state index contributed by atoms with van der Waals surface area (Å²) in [6.45, 7) is 1.03. The molecule has 3 aliphatic rings. The number of carbonyl (C=O) groups excluding carboxylic acids is 1. The van der Waals surface area contributed by atoms with Crippen molar-refractivity contribution in [1.29, 1.82) is 0 Å². The van der Waals surface area contributed by atoms with Crippen LogP contribution >= 0.6 is 0 Å². The van der Waals surface area contributed by atoms with Gasteiger partial charge >= 0.3 is 0 Å². The lowest BCUT2D eigenvalue weighted by molar-refractivity contribution is -0.166. The van der Waals surface area contributed by atoms with Crippen LogP contribution < -0.4 is 0 Å². The first-order chi connectivity index (χ1) is 6.77. The molecule has 0 radical (unpaired) electrons. The van der Waals surface area contributed by atoms with Gasteiger partial charge in [-0.15, -0.1) is 0 Å². The Balaban J connectivity index is 1.92. The number of aliphatic hydroxyl groups is 1. The van der Waals surface area contributed by atoms with Gasteiger partial charge in [0.2, 0.25) is 0 Å². The quantitative estimate of drug-likeness (QED) is 0.517. The summed E-state index contributed by atoms with van der Waals surface area (Å²) in [7, 11) is 0. The molecular formula is C9H11NO4. The van der Waals surface area contributed by atoms with E-state index in [1.54, 1.807) is 0 Å². The molecule has 0 aromatic carbocycles. The van der Waals surface area contributed by atoms with Gasteiger partial charge in [-0.25, -0.2) is 0 Å². The zero-order chi connectivity index (χ0) is 9.71. The third-order valence-corrected chi connectivity index (χ3v) is 2.89. The Hall–Kier alpha value is -0.910. The first kappa shape index (κ1) is 8.40. The number of carbonyl (C=O) groups is 1. The third-order valence-electron chi connectivity index (χ3n) is 2.89. The topological polar surface area (TPSA) is 59.0 Å². The number of ether oxygens (including phenoxy) is 2. The number of amides is 1. The molecule has 5 heteroatoms. The van der Waals surface area contributed by atoms with Crippen molar-refractivity contribution in [3.05, 3.63) is 11.6 Å². The van der Waals surface area contributed by atoms with Crippen LogP contribution in [0.15, 0.2) is 11.6 Å². The lowest BCUT2D eigenvalue weighted by atomic mass is 10.2. The highest BCUT2D eigenvalue weighted by molar-refractivity contribution is 5.83. The lowest BCUT2D eigenvalue weighted by Crippen LogP contribution is -2.49. The van der Waals surface area contributed by atoms with E-state index in [-0.39, 0.29) is 18.4 Å². The van der Waals surface area contributed by atoms with Crippen LogP contribution in [0.1, 0.15) is 6.42 Å². The molecule has 3 rings (SSSR count). The van der Waals surface area contributed by atoms with Crippen LogP contribution in [0.4, 0.5) is 0 Å². The van der Waals surface area contributed by atoms with Crippen LogP contribution in [-0.2, 0) is 14.3 Å². The van der Waals surface area contributed by atoms with Crippen LogP contribution in [0.25, 0.3) is 0 Å². The molecule has 0 aromatic heterocycles. The average Bonchev–Trinajstić information content (AvgIpc) is 2.72. The standard InChI is InChI=1S/C9H11NO4/c11-6-3-7-10(8(6)12)9-5(4-14-7)1-2-13-9/h1,6-7,9,11H,2-4H2. The molecule has 2 fully saturated rings. The van der Waals surface area contributed by atoms with Crippen LogP contribution in [0.2, 0.25) is 0 Å². The third kappa shape index (κ3) is 0.972. The van der Waals surface area contributed by atoms with Crippen molar-refractivity contribution in [3.63, 3.8) is 0 Å². The van der Waals surface area contributed by atoms with Crippen molar-refractivity contribution in [1.82, 2.24) is 4.90 Å². The lowest BCUT2D eigenvalue weighted by Gasteiger charge is -2.35. The van der Waals surface area contributed by atoms with Crippen LogP contribution in [0.3, 0.4) is 0 Å². The molecule has 3 atom stereocenters. The van der Waals surface area contributed by atoms with Gasteiger partial charge in [-0.05, 0) is 0 Å². The number of aliphatic hydroxyl groups excluding tert-OH is 1. The second kappa shape index (κ2) is 2.79. The highest BCUT2D eigenvalue weighted by Gasteiger charge is 2.48. The SMILES string of the molecule is O=C1C(O)CC2OCC3=CCOC3N12. The second-order valence-corrected chi connectivity index (χ2v) is 3.73. The molecule has 2 saturated heterocycles. The molecule has 1 N–H and O–H groups in total. The minimum absolute atomic E-state index is 0.285. The number of rotatable bonds is 0. The first-order valence-corrected chi connectivity index (χ1v) is 4.70. The molecule has 0 aliphatic carbocycles. The van der Waals surface area contributed by atoms with Crippen molar-refractivity contribution in [3.8, 4) is 0 Å². The first-order valence-electron chi connectivity index (χ1n) is 4.70. The Morgan fingerprint density at radius 1 is 1.50 bits per heavy atom. The summed E-state index contributed by atoms with van der Waals surface area (Å²) >= 11 is 0. The Kier molecular flexibility index (Phi) is 1.67. The zero-order valence-electron chi connectivity index (χ0n) is 7.55. The molecule has 76 valence electrons. The summed E-state index contributed by atoms with van der Waals surface area (Å²) in [5, 5.41) is 9.40. The Labute approximate surface area is 80.9 Å². The van der Waals surface area contributed by atoms with Crippen molar-refractivity contribution in [2.24, 2.45) is 0 Å². The van der Waals surface area contributed by atoms with Crippen LogP contribution in [0.5, 0.6) is 0 Å². The molecule has 3 aliphatic heterocycles. The fourth-order valence-corrected chi connectivity index (χ4v) is 2.17. The van der Waals surface area contributed by atoms with E-state index in [4.69, 9.17) is 9.47 Å². The predicted molar refractivity (Wildman–Crippen MR) is 45.0 cm³/mol. The van der Waals surface area contributed by atoms with Gasteiger partial charge in [0.15, 0.2) is 6.23 Å². The minimum atomic E-state index is -0.927. The molecule has 0 saturated carbocycles. The van der Waals surface area contributed by atoms with Gasteiger partial charge in [-0.1, -0.05) is 6.08 Å².